The number of thioether (sulfide) groups is 2. The molecule has 0 amide bonds. The Bertz CT molecular complexity index is 991. The maximum Gasteiger partial charge on any atom is 0.178 e. The summed E-state index contributed by atoms with van der Waals surface area (Å²) in [5, 5.41) is 1.98. The molecule has 0 saturated carbocycles. The highest BCUT2D eigenvalue weighted by Gasteiger charge is 2.16. The van der Waals surface area contributed by atoms with Crippen LogP contribution in [-0.4, -0.2) is 29.0 Å². The third-order valence-corrected chi connectivity index (χ3v) is 7.38. The van der Waals surface area contributed by atoms with Crippen molar-refractivity contribution in [2.75, 3.05) is 11.5 Å². The van der Waals surface area contributed by atoms with E-state index >= 15 is 0 Å². The van der Waals surface area contributed by atoms with Crippen LogP contribution in [0.25, 0.3) is 22.5 Å². The highest BCUT2D eigenvalue weighted by atomic mass is 32.2. The predicted molar refractivity (Wildman–Crippen MR) is 114 cm³/mol. The molecule has 0 bridgehead atoms. The second-order valence-electron chi connectivity index (χ2n) is 6.05. The fourth-order valence-corrected chi connectivity index (χ4v) is 5.98. The highest BCUT2D eigenvalue weighted by Crippen LogP contribution is 2.32. The van der Waals surface area contributed by atoms with E-state index in [9.17, 15) is 0 Å². The zero-order valence-corrected chi connectivity index (χ0v) is 18.6. The van der Waals surface area contributed by atoms with E-state index < -0.39 is 0 Å². The van der Waals surface area contributed by atoms with Gasteiger partial charge in [-0.25, -0.2) is 9.13 Å². The zero-order chi connectivity index (χ0) is 19.3. The lowest BCUT2D eigenvalue weighted by Crippen LogP contribution is -2.26. The van der Waals surface area contributed by atoms with E-state index in [2.05, 4.69) is 42.0 Å². The molecule has 4 aromatic rings. The lowest BCUT2D eigenvalue weighted by Gasteiger charge is -2.02. The Hall–Kier alpha value is -1.88. The van der Waals surface area contributed by atoms with Gasteiger partial charge in [0.05, 0.1) is 34.6 Å². The fourth-order valence-electron chi connectivity index (χ4n) is 2.64. The first-order valence-corrected chi connectivity index (χ1v) is 12.0. The van der Waals surface area contributed by atoms with Crippen molar-refractivity contribution < 1.29 is 9.13 Å². The molecule has 0 unspecified atom stereocenters. The van der Waals surface area contributed by atoms with Crippen LogP contribution >= 0.6 is 47.0 Å². The number of aryl methyl sites for hydroxylation is 2. The number of hydrogen-bond donors (Lipinski definition) is 0. The smallest absolute Gasteiger partial charge is 0.178 e. The van der Waals surface area contributed by atoms with Gasteiger partial charge >= 0.3 is 0 Å². The molecule has 4 heterocycles. The Labute approximate surface area is 180 Å². The predicted octanol–water partition coefficient (Wildman–Crippen LogP) is 3.26. The van der Waals surface area contributed by atoms with E-state index in [1.54, 1.807) is 23.5 Å². The van der Waals surface area contributed by atoms with E-state index in [0.29, 0.717) is 0 Å². The first-order valence-electron chi connectivity index (χ1n) is 8.53. The molecule has 0 N–H and O–H groups in total. The lowest BCUT2D eigenvalue weighted by molar-refractivity contribution is -0.671. The minimum absolute atomic E-state index is 0.932. The maximum atomic E-state index is 4.48. The van der Waals surface area contributed by atoms with E-state index in [1.165, 1.54) is 23.5 Å². The molecule has 10 heteroatoms. The van der Waals surface area contributed by atoms with Crippen LogP contribution in [0.3, 0.4) is 0 Å². The van der Waals surface area contributed by atoms with Crippen LogP contribution in [0.5, 0.6) is 0 Å². The Morgan fingerprint density at radius 3 is 1.64 bits per heavy atom. The maximum absolute atomic E-state index is 4.48. The van der Waals surface area contributed by atoms with Gasteiger partial charge in [0.1, 0.15) is 35.5 Å². The van der Waals surface area contributed by atoms with Gasteiger partial charge in [0.15, 0.2) is 24.8 Å². The molecule has 4 rings (SSSR count). The molecular weight excluding hydrogens is 429 g/mol. The molecule has 0 aliphatic heterocycles. The third-order valence-electron chi connectivity index (χ3n) is 3.90. The number of nitrogens with zero attached hydrogens (tertiary/aromatic N) is 6. The summed E-state index contributed by atoms with van der Waals surface area (Å²) in [7, 11) is 4.03. The second kappa shape index (κ2) is 9.08. The summed E-state index contributed by atoms with van der Waals surface area (Å²) in [5.41, 5.74) is 4.11. The SMILES string of the molecule is C[n+]1cccc(-c2nsnc2SCCSc2nsnc2-c2ccc[n+](C)c2)c1. The normalized spacial score (nSPS) is 11.1. The van der Waals surface area contributed by atoms with Crippen molar-refractivity contribution in [3.8, 4) is 22.5 Å². The lowest BCUT2D eigenvalue weighted by atomic mass is 10.2. The summed E-state index contributed by atoms with van der Waals surface area (Å²) < 4.78 is 22.0. The molecule has 0 radical (unpaired) electrons. The topological polar surface area (TPSA) is 59.3 Å². The summed E-state index contributed by atoms with van der Waals surface area (Å²) in [4.78, 5) is 0. The van der Waals surface area contributed by atoms with Crippen molar-refractivity contribution in [2.45, 2.75) is 10.1 Å². The molecule has 6 nitrogen and oxygen atoms in total. The third kappa shape index (κ3) is 4.57. The van der Waals surface area contributed by atoms with Gasteiger partial charge < -0.3 is 0 Å². The van der Waals surface area contributed by atoms with Gasteiger partial charge in [0.2, 0.25) is 0 Å². The minimum atomic E-state index is 0.932. The molecule has 142 valence electrons. The van der Waals surface area contributed by atoms with Gasteiger partial charge in [0.25, 0.3) is 0 Å². The van der Waals surface area contributed by atoms with Crippen LogP contribution in [0.4, 0.5) is 0 Å². The van der Waals surface area contributed by atoms with Crippen LogP contribution in [0.15, 0.2) is 59.1 Å². The first kappa shape index (κ1) is 19.4. The highest BCUT2D eigenvalue weighted by molar-refractivity contribution is 8.03. The van der Waals surface area contributed by atoms with Gasteiger partial charge in [-0.3, -0.25) is 0 Å². The van der Waals surface area contributed by atoms with E-state index in [1.807, 2.05) is 47.8 Å². The van der Waals surface area contributed by atoms with Gasteiger partial charge in [-0.15, -0.1) is 23.5 Å². The molecule has 0 spiro atoms. The summed E-state index contributed by atoms with van der Waals surface area (Å²) in [6.45, 7) is 0. The molecule has 0 fully saturated rings. The Morgan fingerprint density at radius 2 is 1.21 bits per heavy atom. The van der Waals surface area contributed by atoms with Gasteiger partial charge in [-0.05, 0) is 12.1 Å². The molecule has 4 aromatic heterocycles. The Morgan fingerprint density at radius 1 is 0.750 bits per heavy atom. The van der Waals surface area contributed by atoms with Crippen molar-refractivity contribution in [3.05, 3.63) is 49.1 Å². The van der Waals surface area contributed by atoms with Crippen LogP contribution in [-0.2, 0) is 14.1 Å². The monoisotopic (exact) mass is 446 g/mol. The van der Waals surface area contributed by atoms with Crippen molar-refractivity contribution in [1.29, 1.82) is 0 Å². The number of aromatic nitrogens is 6. The van der Waals surface area contributed by atoms with Crippen molar-refractivity contribution >= 4 is 47.0 Å². The van der Waals surface area contributed by atoms with Crippen molar-refractivity contribution in [3.63, 3.8) is 0 Å². The summed E-state index contributed by atoms with van der Waals surface area (Å²) in [5.74, 6) is 1.86. The minimum Gasteiger partial charge on any atom is -0.207 e. The quantitative estimate of drug-likeness (QED) is 0.247. The number of pyridine rings is 2. The Kier molecular flexibility index (Phi) is 6.30. The standard InChI is InChI=1S/C18H18N6S4/c1-23-7-3-5-13(11-23)15-17(21-27-19-15)25-9-10-26-18-16(20-28-22-18)14-6-4-8-24(2)12-14/h3-8,11-12H,9-10H2,1-2H3/q+2. The second-order valence-corrected chi connectivity index (χ2v) is 9.27. The van der Waals surface area contributed by atoms with Gasteiger partial charge in [0, 0.05) is 23.6 Å². The molecule has 0 aromatic carbocycles. The molecule has 0 aliphatic rings. The van der Waals surface area contributed by atoms with Crippen LogP contribution in [0.2, 0.25) is 0 Å². The van der Waals surface area contributed by atoms with Crippen LogP contribution in [0.1, 0.15) is 0 Å². The van der Waals surface area contributed by atoms with Crippen molar-refractivity contribution in [1.82, 2.24) is 17.5 Å². The summed E-state index contributed by atoms with van der Waals surface area (Å²) in [6.07, 6.45) is 8.17. The van der Waals surface area contributed by atoms with Gasteiger partial charge in [-0.1, -0.05) is 0 Å². The molecule has 0 saturated heterocycles. The van der Waals surface area contributed by atoms with E-state index in [0.717, 1.165) is 44.1 Å². The van der Waals surface area contributed by atoms with Gasteiger partial charge in [-0.2, -0.15) is 17.5 Å². The Balaban J connectivity index is 1.38. The largest absolute Gasteiger partial charge is 0.207 e. The van der Waals surface area contributed by atoms with E-state index in [-0.39, 0.29) is 0 Å². The summed E-state index contributed by atoms with van der Waals surface area (Å²) >= 11 is 6.00. The average molecular weight is 447 g/mol. The van der Waals surface area contributed by atoms with Crippen LogP contribution in [0, 0.1) is 0 Å². The molecule has 0 atom stereocenters. The number of hydrogen-bond acceptors (Lipinski definition) is 8. The zero-order valence-electron chi connectivity index (χ0n) is 15.3. The average Bonchev–Trinajstić information content (AvgIpc) is 3.35. The molecule has 0 aliphatic carbocycles. The summed E-state index contributed by atoms with van der Waals surface area (Å²) in [6, 6.07) is 8.20. The fraction of sp³-hybridized carbons (Fsp3) is 0.222. The van der Waals surface area contributed by atoms with Crippen molar-refractivity contribution in [2.24, 2.45) is 14.1 Å². The molecule has 28 heavy (non-hydrogen) atoms. The molecular formula is C18H18N6S4+2. The van der Waals surface area contributed by atoms with Crippen LogP contribution < -0.4 is 9.13 Å². The number of rotatable bonds is 7. The van der Waals surface area contributed by atoms with E-state index in [4.69, 9.17) is 0 Å². The first-order chi connectivity index (χ1) is 13.7.